The van der Waals surface area contributed by atoms with Gasteiger partial charge in [-0.1, -0.05) is 30.3 Å². The van der Waals surface area contributed by atoms with E-state index in [4.69, 9.17) is 14.2 Å². The number of ether oxygens (including phenoxy) is 3. The molecule has 1 heterocycles. The van der Waals surface area contributed by atoms with Gasteiger partial charge < -0.3 is 24.4 Å². The first-order chi connectivity index (χ1) is 13.1. The summed E-state index contributed by atoms with van der Waals surface area (Å²) < 4.78 is 15.4. The molecule has 142 valence electrons. The second kappa shape index (κ2) is 9.16. The number of hydrogen-bond donors (Lipinski definition) is 1. The van der Waals surface area contributed by atoms with E-state index >= 15 is 0 Å². The van der Waals surface area contributed by atoms with Crippen LogP contribution in [0.15, 0.2) is 54.6 Å². The Kier molecular flexibility index (Phi) is 6.40. The molecule has 0 bridgehead atoms. The normalized spacial score (nSPS) is 16.4. The van der Waals surface area contributed by atoms with Gasteiger partial charge in [0.05, 0.1) is 31.2 Å². The van der Waals surface area contributed by atoms with Crippen molar-refractivity contribution < 1.29 is 23.8 Å². The zero-order valence-electron chi connectivity index (χ0n) is 15.1. The minimum atomic E-state index is -0.775. The quantitative estimate of drug-likeness (QED) is 0.787. The van der Waals surface area contributed by atoms with E-state index in [1.807, 2.05) is 60.5 Å². The molecule has 7 nitrogen and oxygen atoms in total. The Hall–Kier alpha value is -2.90. The van der Waals surface area contributed by atoms with Crippen LogP contribution in [0.1, 0.15) is 0 Å². The van der Waals surface area contributed by atoms with E-state index in [1.165, 1.54) is 0 Å². The molecule has 1 fully saturated rings. The van der Waals surface area contributed by atoms with E-state index in [9.17, 15) is 9.59 Å². The maximum absolute atomic E-state index is 12.2. The third-order valence-corrected chi connectivity index (χ3v) is 4.11. The van der Waals surface area contributed by atoms with Gasteiger partial charge in [-0.25, -0.2) is 4.79 Å². The fourth-order valence-electron chi connectivity index (χ4n) is 2.70. The Morgan fingerprint density at radius 2 is 1.85 bits per heavy atom. The van der Waals surface area contributed by atoms with Crippen LogP contribution in [0.2, 0.25) is 0 Å². The Labute approximate surface area is 157 Å². The third kappa shape index (κ3) is 5.06. The number of amides is 1. The predicted molar refractivity (Wildman–Crippen MR) is 101 cm³/mol. The van der Waals surface area contributed by atoms with E-state index in [0.29, 0.717) is 18.9 Å². The zero-order valence-corrected chi connectivity index (χ0v) is 15.1. The molecular formula is C20H22N2O5. The Morgan fingerprint density at radius 1 is 1.11 bits per heavy atom. The van der Waals surface area contributed by atoms with Crippen molar-refractivity contribution in [1.82, 2.24) is 0 Å². The number of anilines is 3. The van der Waals surface area contributed by atoms with Crippen LogP contribution >= 0.6 is 0 Å². The first-order valence-electron chi connectivity index (χ1n) is 8.69. The summed E-state index contributed by atoms with van der Waals surface area (Å²) in [5, 5.41) is 2.79. The first-order valence-corrected chi connectivity index (χ1v) is 8.69. The zero-order chi connectivity index (χ0) is 19.1. The number of para-hydroxylation sites is 3. The molecule has 0 saturated carbocycles. The summed E-state index contributed by atoms with van der Waals surface area (Å²) in [7, 11) is 1.92. The molecule has 0 spiro atoms. The molecular weight excluding hydrogens is 348 g/mol. The summed E-state index contributed by atoms with van der Waals surface area (Å²) in [6, 6.07) is 17.2. The number of esters is 1. The summed E-state index contributed by atoms with van der Waals surface area (Å²) in [5.41, 5.74) is 2.44. The molecule has 1 N–H and O–H groups in total. The average molecular weight is 370 g/mol. The summed E-state index contributed by atoms with van der Waals surface area (Å²) in [5.74, 6) is -1.02. The molecule has 1 saturated heterocycles. The van der Waals surface area contributed by atoms with Crippen molar-refractivity contribution in [2.45, 2.75) is 6.10 Å². The van der Waals surface area contributed by atoms with Crippen molar-refractivity contribution in [2.24, 2.45) is 0 Å². The molecule has 2 aromatic rings. The van der Waals surface area contributed by atoms with Gasteiger partial charge >= 0.3 is 5.97 Å². The molecule has 2 aromatic carbocycles. The van der Waals surface area contributed by atoms with Gasteiger partial charge in [0.2, 0.25) is 0 Å². The maximum Gasteiger partial charge on any atom is 0.338 e. The minimum absolute atomic E-state index is 0.144. The monoisotopic (exact) mass is 370 g/mol. The van der Waals surface area contributed by atoms with Gasteiger partial charge in [0, 0.05) is 12.7 Å². The van der Waals surface area contributed by atoms with Crippen LogP contribution in [-0.4, -0.2) is 51.5 Å². The number of carbonyl (C=O) groups is 2. The summed E-state index contributed by atoms with van der Waals surface area (Å²) in [6.07, 6.45) is -0.775. The average Bonchev–Trinajstić information content (AvgIpc) is 2.73. The molecule has 1 amide bonds. The van der Waals surface area contributed by atoms with E-state index in [0.717, 1.165) is 11.4 Å². The van der Waals surface area contributed by atoms with Crippen molar-refractivity contribution in [1.29, 1.82) is 0 Å². The highest BCUT2D eigenvalue weighted by Crippen LogP contribution is 2.30. The van der Waals surface area contributed by atoms with E-state index in [1.54, 1.807) is 6.07 Å². The molecule has 27 heavy (non-hydrogen) atoms. The van der Waals surface area contributed by atoms with Crippen molar-refractivity contribution in [3.8, 4) is 0 Å². The van der Waals surface area contributed by atoms with Crippen molar-refractivity contribution in [3.05, 3.63) is 54.6 Å². The van der Waals surface area contributed by atoms with Gasteiger partial charge in [-0.3, -0.25) is 4.79 Å². The SMILES string of the molecule is CN(c1ccccc1)c1ccccc1NC(=O)COC(=O)[C@H]1COCCO1. The lowest BCUT2D eigenvalue weighted by atomic mass is 10.2. The van der Waals surface area contributed by atoms with Gasteiger partial charge in [-0.2, -0.15) is 0 Å². The smallest absolute Gasteiger partial charge is 0.338 e. The molecule has 3 rings (SSSR count). The van der Waals surface area contributed by atoms with Gasteiger partial charge in [-0.05, 0) is 24.3 Å². The molecule has 0 radical (unpaired) electrons. The number of nitrogens with zero attached hydrogens (tertiary/aromatic N) is 1. The number of nitrogens with one attached hydrogen (secondary N) is 1. The van der Waals surface area contributed by atoms with Crippen molar-refractivity contribution >= 4 is 28.9 Å². The van der Waals surface area contributed by atoms with Crippen LogP contribution in [0.3, 0.4) is 0 Å². The van der Waals surface area contributed by atoms with Gasteiger partial charge in [0.15, 0.2) is 12.7 Å². The fourth-order valence-corrected chi connectivity index (χ4v) is 2.70. The Bertz CT molecular complexity index is 775. The van der Waals surface area contributed by atoms with Gasteiger partial charge in [0.25, 0.3) is 5.91 Å². The van der Waals surface area contributed by atoms with Crippen LogP contribution < -0.4 is 10.2 Å². The Morgan fingerprint density at radius 3 is 2.59 bits per heavy atom. The second-order valence-corrected chi connectivity index (χ2v) is 6.00. The van der Waals surface area contributed by atoms with Crippen LogP contribution in [-0.2, 0) is 23.8 Å². The van der Waals surface area contributed by atoms with E-state index < -0.39 is 18.0 Å². The largest absolute Gasteiger partial charge is 0.454 e. The molecule has 0 aromatic heterocycles. The van der Waals surface area contributed by atoms with Crippen LogP contribution in [0.5, 0.6) is 0 Å². The summed E-state index contributed by atoms with van der Waals surface area (Å²) in [6.45, 7) is 0.550. The number of hydrogen-bond acceptors (Lipinski definition) is 6. The highest BCUT2D eigenvalue weighted by atomic mass is 16.6. The Balaban J connectivity index is 1.60. The molecule has 1 atom stereocenters. The fraction of sp³-hybridized carbons (Fsp3) is 0.300. The standard InChI is InChI=1S/C20H22N2O5/c1-22(15-7-3-2-4-8-15)17-10-6-5-9-16(17)21-19(23)14-27-20(24)18-13-25-11-12-26-18/h2-10,18H,11-14H2,1H3,(H,21,23)/t18-/m1/s1. The predicted octanol–water partition coefficient (Wildman–Crippen LogP) is 2.35. The number of carbonyl (C=O) groups excluding carboxylic acids is 2. The van der Waals surface area contributed by atoms with Crippen LogP contribution in [0, 0.1) is 0 Å². The highest BCUT2D eigenvalue weighted by Gasteiger charge is 2.25. The molecule has 1 aliphatic heterocycles. The lowest BCUT2D eigenvalue weighted by Gasteiger charge is -2.23. The molecule has 0 aliphatic carbocycles. The molecule has 1 aliphatic rings. The molecule has 0 unspecified atom stereocenters. The number of benzene rings is 2. The van der Waals surface area contributed by atoms with Gasteiger partial charge in [0.1, 0.15) is 0 Å². The van der Waals surface area contributed by atoms with Crippen molar-refractivity contribution in [2.75, 3.05) is 43.7 Å². The minimum Gasteiger partial charge on any atom is -0.454 e. The topological polar surface area (TPSA) is 77.1 Å². The summed E-state index contributed by atoms with van der Waals surface area (Å²) in [4.78, 5) is 26.1. The lowest BCUT2D eigenvalue weighted by Crippen LogP contribution is -2.37. The first kappa shape index (κ1) is 18.9. The second-order valence-electron chi connectivity index (χ2n) is 6.00. The summed E-state index contributed by atoms with van der Waals surface area (Å²) >= 11 is 0. The number of rotatable bonds is 6. The lowest BCUT2D eigenvalue weighted by molar-refractivity contribution is -0.171. The van der Waals surface area contributed by atoms with E-state index in [2.05, 4.69) is 5.32 Å². The highest BCUT2D eigenvalue weighted by molar-refractivity contribution is 5.96. The van der Waals surface area contributed by atoms with Crippen LogP contribution in [0.4, 0.5) is 17.1 Å². The molecule has 7 heteroatoms. The van der Waals surface area contributed by atoms with Crippen molar-refractivity contribution in [3.63, 3.8) is 0 Å². The van der Waals surface area contributed by atoms with Gasteiger partial charge in [-0.15, -0.1) is 0 Å². The van der Waals surface area contributed by atoms with E-state index in [-0.39, 0.29) is 13.2 Å². The maximum atomic E-state index is 12.2. The van der Waals surface area contributed by atoms with Crippen LogP contribution in [0.25, 0.3) is 0 Å². The third-order valence-electron chi connectivity index (χ3n) is 4.11.